The molecule has 10 heavy (non-hydrogen) atoms. The molecule has 2 atom stereocenters. The third kappa shape index (κ3) is 1.32. The van der Waals surface area contributed by atoms with E-state index in [-0.39, 0.29) is 0 Å². The van der Waals surface area contributed by atoms with Crippen molar-refractivity contribution in [3.63, 3.8) is 0 Å². The third-order valence-corrected chi connectivity index (χ3v) is 2.60. The van der Waals surface area contributed by atoms with Gasteiger partial charge in [-0.3, -0.25) is 0 Å². The largest absolute Gasteiger partial charge is 0.326 e. The van der Waals surface area contributed by atoms with Crippen LogP contribution >= 0.6 is 0 Å². The Labute approximate surface area is 62.2 Å². The number of nitrogens with one attached hydrogen (secondary N) is 1. The zero-order chi connectivity index (χ0) is 6.97. The van der Waals surface area contributed by atoms with E-state index in [0.29, 0.717) is 12.1 Å². The molecule has 0 amide bonds. The molecule has 2 fully saturated rings. The monoisotopic (exact) mass is 140 g/mol. The van der Waals surface area contributed by atoms with Crippen LogP contribution in [0.25, 0.3) is 0 Å². The van der Waals surface area contributed by atoms with Crippen molar-refractivity contribution in [2.24, 2.45) is 5.73 Å². The van der Waals surface area contributed by atoms with Crippen molar-refractivity contribution < 1.29 is 0 Å². The van der Waals surface area contributed by atoms with Gasteiger partial charge in [-0.05, 0) is 25.7 Å². The van der Waals surface area contributed by atoms with E-state index < -0.39 is 0 Å². The van der Waals surface area contributed by atoms with Gasteiger partial charge in [-0.2, -0.15) is 0 Å². The van der Waals surface area contributed by atoms with Gasteiger partial charge < -0.3 is 11.1 Å². The maximum atomic E-state index is 5.89. The van der Waals surface area contributed by atoms with Crippen LogP contribution in [0.3, 0.4) is 0 Å². The Morgan fingerprint density at radius 2 is 1.90 bits per heavy atom. The van der Waals surface area contributed by atoms with Gasteiger partial charge in [-0.15, -0.1) is 0 Å². The summed E-state index contributed by atoms with van der Waals surface area (Å²) >= 11 is 0. The van der Waals surface area contributed by atoms with Gasteiger partial charge in [0.2, 0.25) is 0 Å². The van der Waals surface area contributed by atoms with Crippen LogP contribution in [-0.2, 0) is 0 Å². The van der Waals surface area contributed by atoms with E-state index >= 15 is 0 Å². The van der Waals surface area contributed by atoms with Crippen LogP contribution in [-0.4, -0.2) is 18.1 Å². The number of rotatable bonds is 2. The molecule has 0 aromatic rings. The molecular formula is C8H16N2. The number of hydrogen-bond donors (Lipinski definition) is 2. The molecule has 0 aliphatic heterocycles. The highest BCUT2D eigenvalue weighted by molar-refractivity contribution is 4.92. The van der Waals surface area contributed by atoms with E-state index in [1.165, 1.54) is 32.1 Å². The van der Waals surface area contributed by atoms with Crippen molar-refractivity contribution in [3.05, 3.63) is 0 Å². The van der Waals surface area contributed by atoms with E-state index in [1.54, 1.807) is 0 Å². The molecule has 2 nitrogen and oxygen atoms in total. The van der Waals surface area contributed by atoms with Crippen molar-refractivity contribution in [2.75, 3.05) is 0 Å². The summed E-state index contributed by atoms with van der Waals surface area (Å²) in [5.74, 6) is 0. The standard InChI is InChI=1S/C8H16N2/c9-7-2-1-3-8(7)10-6-4-5-6/h6-8,10H,1-5,9H2/t7-,8+/m1/s1. The summed E-state index contributed by atoms with van der Waals surface area (Å²) in [7, 11) is 0. The van der Waals surface area contributed by atoms with Crippen LogP contribution in [0.4, 0.5) is 0 Å². The van der Waals surface area contributed by atoms with Gasteiger partial charge in [0.05, 0.1) is 0 Å². The van der Waals surface area contributed by atoms with Crippen LogP contribution in [0.5, 0.6) is 0 Å². The van der Waals surface area contributed by atoms with Gasteiger partial charge in [0.15, 0.2) is 0 Å². The Morgan fingerprint density at radius 1 is 1.10 bits per heavy atom. The highest BCUT2D eigenvalue weighted by Crippen LogP contribution is 2.24. The minimum atomic E-state index is 0.445. The average molecular weight is 140 g/mol. The van der Waals surface area contributed by atoms with E-state index in [9.17, 15) is 0 Å². The summed E-state index contributed by atoms with van der Waals surface area (Å²) in [5, 5.41) is 3.58. The molecule has 0 spiro atoms. The molecule has 0 radical (unpaired) electrons. The Hall–Kier alpha value is -0.0800. The second-order valence-corrected chi connectivity index (χ2v) is 3.64. The molecule has 0 aromatic heterocycles. The second kappa shape index (κ2) is 2.51. The molecule has 0 bridgehead atoms. The van der Waals surface area contributed by atoms with Gasteiger partial charge in [0.25, 0.3) is 0 Å². The average Bonchev–Trinajstić information content (AvgIpc) is 2.62. The predicted molar refractivity (Wildman–Crippen MR) is 41.8 cm³/mol. The Morgan fingerprint density at radius 3 is 2.40 bits per heavy atom. The molecule has 0 unspecified atom stereocenters. The molecule has 0 saturated heterocycles. The lowest BCUT2D eigenvalue weighted by atomic mass is 10.2. The SMILES string of the molecule is N[C@@H]1CCC[C@@H]1NC1CC1. The first-order chi connectivity index (χ1) is 4.86. The minimum Gasteiger partial charge on any atom is -0.326 e. The zero-order valence-corrected chi connectivity index (χ0v) is 6.34. The molecule has 3 N–H and O–H groups in total. The van der Waals surface area contributed by atoms with Crippen LogP contribution < -0.4 is 11.1 Å². The van der Waals surface area contributed by atoms with Gasteiger partial charge in [-0.25, -0.2) is 0 Å². The molecule has 2 rings (SSSR count). The van der Waals surface area contributed by atoms with Crippen LogP contribution in [0.2, 0.25) is 0 Å². The van der Waals surface area contributed by atoms with Gasteiger partial charge in [-0.1, -0.05) is 6.42 Å². The summed E-state index contributed by atoms with van der Waals surface area (Å²) < 4.78 is 0. The van der Waals surface area contributed by atoms with Crippen molar-refractivity contribution in [2.45, 2.75) is 50.2 Å². The molecule has 2 aliphatic rings. The van der Waals surface area contributed by atoms with Gasteiger partial charge in [0, 0.05) is 18.1 Å². The van der Waals surface area contributed by atoms with Crippen molar-refractivity contribution in [3.8, 4) is 0 Å². The van der Waals surface area contributed by atoms with Crippen molar-refractivity contribution in [1.29, 1.82) is 0 Å². The molecule has 0 aromatic carbocycles. The molecule has 0 heterocycles. The van der Waals surface area contributed by atoms with Crippen molar-refractivity contribution in [1.82, 2.24) is 5.32 Å². The quantitative estimate of drug-likeness (QED) is 0.590. The fraction of sp³-hybridized carbons (Fsp3) is 1.00. The predicted octanol–water partition coefficient (Wildman–Crippen LogP) is 0.618. The Balaban J connectivity index is 1.79. The fourth-order valence-corrected chi connectivity index (χ4v) is 1.75. The molecule has 58 valence electrons. The first kappa shape index (κ1) is 6.62. The number of hydrogen-bond acceptors (Lipinski definition) is 2. The maximum absolute atomic E-state index is 5.89. The summed E-state index contributed by atoms with van der Waals surface area (Å²) in [6, 6.07) is 1.92. The fourth-order valence-electron chi connectivity index (χ4n) is 1.75. The van der Waals surface area contributed by atoms with E-state index in [4.69, 9.17) is 5.73 Å². The summed E-state index contributed by atoms with van der Waals surface area (Å²) in [5.41, 5.74) is 5.89. The van der Waals surface area contributed by atoms with Crippen LogP contribution in [0.15, 0.2) is 0 Å². The first-order valence-corrected chi connectivity index (χ1v) is 4.38. The summed E-state index contributed by atoms with van der Waals surface area (Å²) in [6.45, 7) is 0. The van der Waals surface area contributed by atoms with Crippen molar-refractivity contribution >= 4 is 0 Å². The molecule has 2 heteroatoms. The summed E-state index contributed by atoms with van der Waals surface area (Å²) in [6.07, 6.45) is 6.61. The topological polar surface area (TPSA) is 38.0 Å². The zero-order valence-electron chi connectivity index (χ0n) is 6.34. The highest BCUT2D eigenvalue weighted by atomic mass is 15.0. The second-order valence-electron chi connectivity index (χ2n) is 3.64. The van der Waals surface area contributed by atoms with E-state index in [1.807, 2.05) is 0 Å². The van der Waals surface area contributed by atoms with Crippen LogP contribution in [0.1, 0.15) is 32.1 Å². The third-order valence-electron chi connectivity index (χ3n) is 2.60. The maximum Gasteiger partial charge on any atom is 0.0221 e. The Kier molecular flexibility index (Phi) is 1.66. The van der Waals surface area contributed by atoms with E-state index in [0.717, 1.165) is 6.04 Å². The molecule has 2 saturated carbocycles. The minimum absolute atomic E-state index is 0.445. The van der Waals surface area contributed by atoms with Gasteiger partial charge >= 0.3 is 0 Å². The summed E-state index contributed by atoms with van der Waals surface area (Å²) in [4.78, 5) is 0. The lowest BCUT2D eigenvalue weighted by Gasteiger charge is -2.16. The normalized spacial score (nSPS) is 40.5. The van der Waals surface area contributed by atoms with E-state index in [2.05, 4.69) is 5.32 Å². The number of nitrogens with two attached hydrogens (primary N) is 1. The Bertz CT molecular complexity index is 120. The highest BCUT2D eigenvalue weighted by Gasteiger charge is 2.30. The van der Waals surface area contributed by atoms with Gasteiger partial charge in [0.1, 0.15) is 0 Å². The molecular weight excluding hydrogens is 124 g/mol. The molecule has 2 aliphatic carbocycles. The van der Waals surface area contributed by atoms with Crippen LogP contribution in [0, 0.1) is 0 Å². The first-order valence-electron chi connectivity index (χ1n) is 4.38. The lowest BCUT2D eigenvalue weighted by molar-refractivity contribution is 0.473. The lowest BCUT2D eigenvalue weighted by Crippen LogP contribution is -2.41. The smallest absolute Gasteiger partial charge is 0.0221 e.